The normalized spacial score (nSPS) is 12.1. The number of benzene rings is 2. The summed E-state index contributed by atoms with van der Waals surface area (Å²) >= 11 is 4.94. The van der Waals surface area contributed by atoms with Crippen molar-refractivity contribution in [2.45, 2.75) is 20.4 Å². The van der Waals surface area contributed by atoms with Gasteiger partial charge in [0.2, 0.25) is 0 Å². The van der Waals surface area contributed by atoms with Crippen molar-refractivity contribution in [3.05, 3.63) is 62.4 Å². The minimum absolute atomic E-state index is 0.242. The first-order valence-corrected chi connectivity index (χ1v) is 9.54. The van der Waals surface area contributed by atoms with Crippen molar-refractivity contribution >= 4 is 43.4 Å². The molecule has 3 aromatic rings. The number of hydrogen-bond acceptors (Lipinski definition) is 3. The molecule has 0 aliphatic carbocycles. The molecule has 6 heteroatoms. The van der Waals surface area contributed by atoms with Crippen LogP contribution in [0, 0.1) is 13.8 Å². The zero-order valence-electron chi connectivity index (χ0n) is 14.4. The molecule has 1 heterocycles. The molecule has 0 saturated heterocycles. The summed E-state index contributed by atoms with van der Waals surface area (Å²) in [7, 11) is 1.68. The van der Waals surface area contributed by atoms with Crippen LogP contribution in [0.15, 0.2) is 45.9 Å². The first-order valence-electron chi connectivity index (χ1n) is 7.94. The van der Waals surface area contributed by atoms with Gasteiger partial charge >= 0.3 is 0 Å². The number of thiazole rings is 1. The molecule has 0 aliphatic heterocycles. The van der Waals surface area contributed by atoms with Crippen molar-refractivity contribution in [1.29, 1.82) is 0 Å². The number of carbonyl (C=O) groups is 1. The molecular weight excluding hydrogens is 400 g/mol. The van der Waals surface area contributed by atoms with Crippen LogP contribution >= 0.6 is 27.3 Å². The maximum atomic E-state index is 12.6. The highest BCUT2D eigenvalue weighted by molar-refractivity contribution is 9.10. The molecule has 0 saturated carbocycles. The van der Waals surface area contributed by atoms with Crippen molar-refractivity contribution in [2.75, 3.05) is 13.7 Å². The molecule has 0 atom stereocenters. The number of fused-ring (bicyclic) bond motifs is 1. The number of methoxy groups -OCH3 is 1. The van der Waals surface area contributed by atoms with Gasteiger partial charge in [-0.2, -0.15) is 4.99 Å². The van der Waals surface area contributed by atoms with Gasteiger partial charge in [0.05, 0.1) is 16.8 Å². The number of halogens is 1. The lowest BCUT2D eigenvalue weighted by atomic mass is 10.1. The van der Waals surface area contributed by atoms with Gasteiger partial charge < -0.3 is 9.30 Å². The van der Waals surface area contributed by atoms with Crippen molar-refractivity contribution in [2.24, 2.45) is 4.99 Å². The lowest BCUT2D eigenvalue weighted by Gasteiger charge is -2.07. The largest absolute Gasteiger partial charge is 0.383 e. The van der Waals surface area contributed by atoms with E-state index in [4.69, 9.17) is 4.74 Å². The Morgan fingerprint density at radius 3 is 2.80 bits per heavy atom. The van der Waals surface area contributed by atoms with E-state index in [0.717, 1.165) is 14.7 Å². The summed E-state index contributed by atoms with van der Waals surface area (Å²) in [5.41, 5.74) is 4.07. The number of nitrogens with zero attached hydrogens (tertiary/aromatic N) is 2. The number of aromatic nitrogens is 1. The van der Waals surface area contributed by atoms with Crippen LogP contribution in [0.3, 0.4) is 0 Å². The zero-order valence-corrected chi connectivity index (χ0v) is 16.8. The number of aryl methyl sites for hydroxylation is 2. The van der Waals surface area contributed by atoms with E-state index in [1.54, 1.807) is 19.2 Å². The van der Waals surface area contributed by atoms with Gasteiger partial charge in [0, 0.05) is 23.7 Å². The third-order valence-corrected chi connectivity index (χ3v) is 5.42. The van der Waals surface area contributed by atoms with Crippen LogP contribution in [0.5, 0.6) is 0 Å². The monoisotopic (exact) mass is 418 g/mol. The number of rotatable bonds is 4. The van der Waals surface area contributed by atoms with E-state index in [2.05, 4.69) is 51.5 Å². The predicted molar refractivity (Wildman–Crippen MR) is 105 cm³/mol. The van der Waals surface area contributed by atoms with E-state index in [1.165, 1.54) is 22.5 Å². The molecule has 0 radical (unpaired) electrons. The van der Waals surface area contributed by atoms with Crippen molar-refractivity contribution < 1.29 is 9.53 Å². The average Bonchev–Trinajstić information content (AvgIpc) is 2.90. The van der Waals surface area contributed by atoms with Crippen molar-refractivity contribution in [3.8, 4) is 0 Å². The number of carbonyl (C=O) groups excluding carboxylic acids is 1. The Hall–Kier alpha value is -1.76. The van der Waals surface area contributed by atoms with Crippen LogP contribution < -0.4 is 4.80 Å². The molecule has 1 amide bonds. The smallest absolute Gasteiger partial charge is 0.279 e. The highest BCUT2D eigenvalue weighted by Gasteiger charge is 2.12. The predicted octanol–water partition coefficient (Wildman–Crippen LogP) is 4.47. The quantitative estimate of drug-likeness (QED) is 0.627. The zero-order chi connectivity index (χ0) is 18.0. The lowest BCUT2D eigenvalue weighted by Crippen LogP contribution is -2.19. The fraction of sp³-hybridized carbons (Fsp3) is 0.263. The van der Waals surface area contributed by atoms with Gasteiger partial charge in [-0.05, 0) is 49.2 Å². The van der Waals surface area contributed by atoms with Gasteiger partial charge in [0.1, 0.15) is 0 Å². The van der Waals surface area contributed by atoms with Crippen LogP contribution in [-0.4, -0.2) is 24.2 Å². The minimum Gasteiger partial charge on any atom is -0.383 e. The molecule has 0 aliphatic rings. The molecule has 0 N–H and O–H groups in total. The molecule has 0 unspecified atom stereocenters. The summed E-state index contributed by atoms with van der Waals surface area (Å²) < 4.78 is 9.31. The molecule has 4 nitrogen and oxygen atoms in total. The standard InChI is InChI=1S/C19H19BrN2O2S/c1-12-9-13(2)17-16(10-12)25-19(22(17)7-8-24-3)21-18(23)14-5-4-6-15(20)11-14/h4-6,9-11H,7-8H2,1-3H3. The van der Waals surface area contributed by atoms with Crippen molar-refractivity contribution in [3.63, 3.8) is 0 Å². The Labute approximate surface area is 158 Å². The van der Waals surface area contributed by atoms with E-state index in [1.807, 2.05) is 12.1 Å². The molecule has 1 aromatic heterocycles. The fourth-order valence-electron chi connectivity index (χ4n) is 2.84. The topological polar surface area (TPSA) is 43.6 Å². The molecule has 0 fully saturated rings. The van der Waals surface area contributed by atoms with Gasteiger partial charge in [-0.3, -0.25) is 4.79 Å². The van der Waals surface area contributed by atoms with Crippen LogP contribution in [0.25, 0.3) is 10.2 Å². The summed E-state index contributed by atoms with van der Waals surface area (Å²) in [5, 5.41) is 0. The summed E-state index contributed by atoms with van der Waals surface area (Å²) in [6.45, 7) is 5.39. The molecule has 25 heavy (non-hydrogen) atoms. The Bertz CT molecular complexity index is 1000. The summed E-state index contributed by atoms with van der Waals surface area (Å²) in [6, 6.07) is 11.6. The second kappa shape index (κ2) is 7.64. The SMILES string of the molecule is COCCn1c(=NC(=O)c2cccc(Br)c2)sc2cc(C)cc(C)c21. The Morgan fingerprint density at radius 2 is 2.08 bits per heavy atom. The van der Waals surface area contributed by atoms with Crippen LogP contribution in [0.4, 0.5) is 0 Å². The third-order valence-electron chi connectivity index (χ3n) is 3.90. The number of amides is 1. The van der Waals surface area contributed by atoms with E-state index in [9.17, 15) is 4.79 Å². The molecule has 130 valence electrons. The fourth-order valence-corrected chi connectivity index (χ4v) is 4.47. The van der Waals surface area contributed by atoms with Gasteiger partial charge in [-0.15, -0.1) is 0 Å². The maximum Gasteiger partial charge on any atom is 0.279 e. The molecule has 3 rings (SSSR count). The Balaban J connectivity index is 2.17. The first-order chi connectivity index (χ1) is 12.0. The van der Waals surface area contributed by atoms with Crippen LogP contribution in [0.1, 0.15) is 21.5 Å². The van der Waals surface area contributed by atoms with Crippen LogP contribution in [0.2, 0.25) is 0 Å². The first kappa shape index (κ1) is 18.0. The second-order valence-electron chi connectivity index (χ2n) is 5.88. The molecule has 0 bridgehead atoms. The van der Waals surface area contributed by atoms with E-state index in [0.29, 0.717) is 23.5 Å². The highest BCUT2D eigenvalue weighted by Crippen LogP contribution is 2.23. The molecular formula is C19H19BrN2O2S. The van der Waals surface area contributed by atoms with E-state index in [-0.39, 0.29) is 5.91 Å². The van der Waals surface area contributed by atoms with Gasteiger partial charge in [0.15, 0.2) is 4.80 Å². The van der Waals surface area contributed by atoms with Crippen LogP contribution in [-0.2, 0) is 11.3 Å². The summed E-state index contributed by atoms with van der Waals surface area (Å²) in [5.74, 6) is -0.242. The van der Waals surface area contributed by atoms with Gasteiger partial charge in [0.25, 0.3) is 5.91 Å². The Kier molecular flexibility index (Phi) is 5.51. The third kappa shape index (κ3) is 3.92. The molecule has 2 aromatic carbocycles. The number of hydrogen-bond donors (Lipinski definition) is 0. The Morgan fingerprint density at radius 1 is 1.28 bits per heavy atom. The molecule has 0 spiro atoms. The maximum absolute atomic E-state index is 12.6. The summed E-state index contributed by atoms with van der Waals surface area (Å²) in [6.07, 6.45) is 0. The summed E-state index contributed by atoms with van der Waals surface area (Å²) in [4.78, 5) is 17.7. The van der Waals surface area contributed by atoms with Crippen molar-refractivity contribution in [1.82, 2.24) is 4.57 Å². The van der Waals surface area contributed by atoms with E-state index >= 15 is 0 Å². The second-order valence-corrected chi connectivity index (χ2v) is 7.81. The van der Waals surface area contributed by atoms with Gasteiger partial charge in [-0.25, -0.2) is 0 Å². The minimum atomic E-state index is -0.242. The van der Waals surface area contributed by atoms with E-state index < -0.39 is 0 Å². The average molecular weight is 419 g/mol. The lowest BCUT2D eigenvalue weighted by molar-refractivity contribution is 0.0997. The highest BCUT2D eigenvalue weighted by atomic mass is 79.9. The van der Waals surface area contributed by atoms with Gasteiger partial charge in [-0.1, -0.05) is 39.4 Å². The number of ether oxygens (including phenoxy) is 1.